The first kappa shape index (κ1) is 28.7. The van der Waals surface area contributed by atoms with E-state index in [0.29, 0.717) is 5.92 Å². The van der Waals surface area contributed by atoms with E-state index in [-0.39, 0.29) is 0 Å². The van der Waals surface area contributed by atoms with Gasteiger partial charge in [-0.15, -0.1) is 11.3 Å². The Morgan fingerprint density at radius 1 is 0.510 bits per heavy atom. The zero-order valence-electron chi connectivity index (χ0n) is 27.8. The Bertz CT molecular complexity index is 3040. The third kappa shape index (κ3) is 4.42. The van der Waals surface area contributed by atoms with E-state index in [1.165, 1.54) is 74.6 Å². The Morgan fingerprint density at radius 3 is 1.96 bits per heavy atom. The van der Waals surface area contributed by atoms with Crippen LogP contribution in [0.5, 0.6) is 0 Å². The van der Waals surface area contributed by atoms with E-state index in [1.807, 2.05) is 11.3 Å². The van der Waals surface area contributed by atoms with Crippen molar-refractivity contribution in [3.05, 3.63) is 179 Å². The van der Waals surface area contributed by atoms with Crippen LogP contribution in [0.25, 0.3) is 71.5 Å². The molecule has 0 amide bonds. The molecule has 10 aromatic rings. The molecule has 1 aliphatic rings. The summed E-state index contributed by atoms with van der Waals surface area (Å²) in [4.78, 5) is 2.41. The molecule has 0 radical (unpaired) electrons. The molecule has 1 unspecified atom stereocenters. The molecule has 0 aliphatic heterocycles. The summed E-state index contributed by atoms with van der Waals surface area (Å²) in [5.74, 6) is 0.364. The Morgan fingerprint density at radius 2 is 1.14 bits per heavy atom. The van der Waals surface area contributed by atoms with Gasteiger partial charge in [-0.05, 0) is 88.3 Å². The van der Waals surface area contributed by atoms with E-state index in [0.717, 1.165) is 23.5 Å². The molecule has 0 N–H and O–H groups in total. The van der Waals surface area contributed by atoms with Crippen molar-refractivity contribution in [1.82, 2.24) is 4.40 Å². The fraction of sp³-hybridized carbons (Fsp3) is 0.0417. The normalized spacial score (nSPS) is 14.3. The maximum absolute atomic E-state index is 2.48. The van der Waals surface area contributed by atoms with Crippen LogP contribution in [0.2, 0.25) is 0 Å². The quantitative estimate of drug-likeness (QED) is 0.177. The average Bonchev–Trinajstić information content (AvgIpc) is 3.86. The van der Waals surface area contributed by atoms with Gasteiger partial charge in [0.15, 0.2) is 0 Å². The molecule has 0 spiro atoms. The van der Waals surface area contributed by atoms with Gasteiger partial charge >= 0.3 is 0 Å². The van der Waals surface area contributed by atoms with Crippen molar-refractivity contribution < 1.29 is 0 Å². The van der Waals surface area contributed by atoms with Crippen molar-refractivity contribution in [2.24, 2.45) is 0 Å². The molecule has 3 aromatic heterocycles. The van der Waals surface area contributed by atoms with Crippen LogP contribution in [0.1, 0.15) is 17.9 Å². The SMILES string of the molecule is C1=c2sc3ccccc3c2=CCC1c1ccc(N(c2ccc(-c3ccccc3)cc2)c2ccc3c(c2)c2cccc4c5ccccc5n3c42)cc1. The van der Waals surface area contributed by atoms with E-state index in [9.17, 15) is 0 Å². The fourth-order valence-corrected chi connectivity index (χ4v) is 9.66. The Labute approximate surface area is 299 Å². The van der Waals surface area contributed by atoms with Crippen molar-refractivity contribution in [3.63, 3.8) is 0 Å². The minimum atomic E-state index is 0.364. The summed E-state index contributed by atoms with van der Waals surface area (Å²) < 4.78 is 5.21. The molecule has 2 nitrogen and oxygen atoms in total. The predicted octanol–water partition coefficient (Wildman–Crippen LogP) is 11.9. The molecule has 0 saturated heterocycles. The Hall–Kier alpha value is -6.16. The lowest BCUT2D eigenvalue weighted by Crippen LogP contribution is -2.23. The molecule has 1 atom stereocenters. The number of anilines is 3. The van der Waals surface area contributed by atoms with E-state index < -0.39 is 0 Å². The Balaban J connectivity index is 1.04. The maximum Gasteiger partial charge on any atom is 0.0620 e. The third-order valence-corrected chi connectivity index (χ3v) is 12.0. The minimum Gasteiger partial charge on any atom is -0.310 e. The highest BCUT2D eigenvalue weighted by atomic mass is 32.1. The van der Waals surface area contributed by atoms with Crippen LogP contribution in [0.3, 0.4) is 0 Å². The van der Waals surface area contributed by atoms with E-state index in [4.69, 9.17) is 0 Å². The van der Waals surface area contributed by atoms with Gasteiger partial charge in [0.1, 0.15) is 0 Å². The minimum absolute atomic E-state index is 0.364. The number of aromatic nitrogens is 1. The van der Waals surface area contributed by atoms with Gasteiger partial charge in [0.25, 0.3) is 0 Å². The molecule has 1 aliphatic carbocycles. The summed E-state index contributed by atoms with van der Waals surface area (Å²) in [6, 6.07) is 60.2. The summed E-state index contributed by atoms with van der Waals surface area (Å²) in [6.45, 7) is 0. The first-order chi connectivity index (χ1) is 25.3. The van der Waals surface area contributed by atoms with Crippen molar-refractivity contribution >= 4 is 88.7 Å². The molecule has 0 bridgehead atoms. The van der Waals surface area contributed by atoms with Crippen LogP contribution in [-0.2, 0) is 0 Å². The average molecular weight is 669 g/mol. The number of hydrogen-bond donors (Lipinski definition) is 0. The van der Waals surface area contributed by atoms with Crippen molar-refractivity contribution in [3.8, 4) is 11.1 Å². The maximum atomic E-state index is 2.48. The Kier molecular flexibility index (Phi) is 6.28. The van der Waals surface area contributed by atoms with Gasteiger partial charge in [0, 0.05) is 53.8 Å². The number of fused-ring (bicyclic) bond motifs is 9. The van der Waals surface area contributed by atoms with Crippen molar-refractivity contribution in [2.75, 3.05) is 4.90 Å². The zero-order chi connectivity index (χ0) is 33.5. The van der Waals surface area contributed by atoms with Crippen LogP contribution in [0.15, 0.2) is 164 Å². The third-order valence-electron chi connectivity index (χ3n) is 10.9. The van der Waals surface area contributed by atoms with Gasteiger partial charge in [0.2, 0.25) is 0 Å². The lowest BCUT2D eigenvalue weighted by Gasteiger charge is -2.26. The number of rotatable bonds is 5. The van der Waals surface area contributed by atoms with E-state index in [1.54, 1.807) is 0 Å². The highest BCUT2D eigenvalue weighted by molar-refractivity contribution is 7.17. The molecular weight excluding hydrogens is 637 g/mol. The molecule has 240 valence electrons. The van der Waals surface area contributed by atoms with Gasteiger partial charge in [-0.1, -0.05) is 121 Å². The molecule has 7 aromatic carbocycles. The molecule has 3 heteroatoms. The molecule has 11 rings (SSSR count). The molecule has 3 heterocycles. The number of para-hydroxylation sites is 2. The zero-order valence-corrected chi connectivity index (χ0v) is 28.6. The van der Waals surface area contributed by atoms with E-state index >= 15 is 0 Å². The van der Waals surface area contributed by atoms with Gasteiger partial charge in [-0.2, -0.15) is 0 Å². The van der Waals surface area contributed by atoms with Crippen LogP contribution in [-0.4, -0.2) is 4.40 Å². The summed E-state index contributed by atoms with van der Waals surface area (Å²) in [5.41, 5.74) is 11.0. The highest BCUT2D eigenvalue weighted by Gasteiger charge is 2.20. The molecule has 0 fully saturated rings. The molecule has 51 heavy (non-hydrogen) atoms. The second-order valence-electron chi connectivity index (χ2n) is 13.7. The first-order valence-corrected chi connectivity index (χ1v) is 18.5. The van der Waals surface area contributed by atoms with Crippen LogP contribution >= 0.6 is 11.3 Å². The topological polar surface area (TPSA) is 7.65 Å². The second kappa shape index (κ2) is 11.2. The second-order valence-corrected chi connectivity index (χ2v) is 14.8. The monoisotopic (exact) mass is 668 g/mol. The summed E-state index contributed by atoms with van der Waals surface area (Å²) in [7, 11) is 0. The van der Waals surface area contributed by atoms with Crippen LogP contribution in [0.4, 0.5) is 17.1 Å². The van der Waals surface area contributed by atoms with Gasteiger partial charge < -0.3 is 9.30 Å². The summed E-state index contributed by atoms with van der Waals surface area (Å²) in [5, 5.41) is 7.96. The summed E-state index contributed by atoms with van der Waals surface area (Å²) in [6.07, 6.45) is 5.94. The van der Waals surface area contributed by atoms with Crippen LogP contribution < -0.4 is 14.7 Å². The lowest BCUT2D eigenvalue weighted by atomic mass is 9.92. The van der Waals surface area contributed by atoms with Crippen molar-refractivity contribution in [2.45, 2.75) is 12.3 Å². The van der Waals surface area contributed by atoms with Gasteiger partial charge in [-0.25, -0.2) is 0 Å². The lowest BCUT2D eigenvalue weighted by molar-refractivity contribution is 0.926. The molecule has 0 saturated carbocycles. The first-order valence-electron chi connectivity index (χ1n) is 17.7. The number of nitrogens with zero attached hydrogens (tertiary/aromatic N) is 2. The largest absolute Gasteiger partial charge is 0.310 e. The van der Waals surface area contributed by atoms with E-state index in [2.05, 4.69) is 185 Å². The van der Waals surface area contributed by atoms with Gasteiger partial charge in [-0.3, -0.25) is 0 Å². The predicted molar refractivity (Wildman–Crippen MR) is 219 cm³/mol. The van der Waals surface area contributed by atoms with Crippen molar-refractivity contribution in [1.29, 1.82) is 0 Å². The number of benzene rings is 7. The standard InChI is InChI=1S/C48H32N2S/c1-2-9-31(10-3-1)32-17-22-35(23-18-32)49(36-24-19-33(20-25-36)34-21-27-40-39-12-5-7-16-46(39)51-47(40)29-34)37-26-28-45-43(30-37)42-14-8-13-41-38-11-4-6-15-44(38)50(45)48(41)42/h1-20,22-30,34H,21H2. The molecular formula is C48H32N2S. The number of hydrogen-bond acceptors (Lipinski definition) is 2. The highest BCUT2D eigenvalue weighted by Crippen LogP contribution is 2.43. The van der Waals surface area contributed by atoms with Crippen LogP contribution in [0, 0.1) is 0 Å². The number of thiophene rings is 1. The smallest absolute Gasteiger partial charge is 0.0620 e. The summed E-state index contributed by atoms with van der Waals surface area (Å²) >= 11 is 1.91. The van der Waals surface area contributed by atoms with Gasteiger partial charge in [0.05, 0.1) is 16.6 Å². The fourth-order valence-electron chi connectivity index (χ4n) is 8.46.